The summed E-state index contributed by atoms with van der Waals surface area (Å²) in [6, 6.07) is 2.60. The fourth-order valence-electron chi connectivity index (χ4n) is 3.83. The van der Waals surface area contributed by atoms with Crippen LogP contribution in [-0.4, -0.2) is 36.6 Å². The lowest BCUT2D eigenvalue weighted by Gasteiger charge is -2.32. The van der Waals surface area contributed by atoms with Crippen molar-refractivity contribution in [3.05, 3.63) is 0 Å². The molecular formula is C18H35N3. The van der Waals surface area contributed by atoms with E-state index in [1.54, 1.807) is 0 Å². The van der Waals surface area contributed by atoms with Crippen LogP contribution in [0.2, 0.25) is 0 Å². The van der Waals surface area contributed by atoms with Gasteiger partial charge in [-0.05, 0) is 50.1 Å². The summed E-state index contributed by atoms with van der Waals surface area (Å²) in [7, 11) is 0. The zero-order valence-corrected chi connectivity index (χ0v) is 14.8. The number of hydrogen-bond donors (Lipinski definition) is 1. The van der Waals surface area contributed by atoms with Crippen LogP contribution in [0.4, 0.5) is 0 Å². The molecule has 1 aliphatic carbocycles. The van der Waals surface area contributed by atoms with Gasteiger partial charge in [-0.2, -0.15) is 5.26 Å². The highest BCUT2D eigenvalue weighted by Gasteiger charge is 2.42. The molecule has 21 heavy (non-hydrogen) atoms. The molecule has 2 atom stereocenters. The van der Waals surface area contributed by atoms with Crippen LogP contribution in [0.5, 0.6) is 0 Å². The lowest BCUT2D eigenvalue weighted by atomic mass is 9.85. The van der Waals surface area contributed by atoms with Gasteiger partial charge in [0.25, 0.3) is 0 Å². The van der Waals surface area contributed by atoms with Crippen molar-refractivity contribution < 1.29 is 0 Å². The highest BCUT2D eigenvalue weighted by atomic mass is 15.1. The number of rotatable bonds is 9. The van der Waals surface area contributed by atoms with E-state index in [2.05, 4.69) is 50.9 Å². The van der Waals surface area contributed by atoms with E-state index in [0.29, 0.717) is 17.8 Å². The Kier molecular flexibility index (Phi) is 7.70. The van der Waals surface area contributed by atoms with E-state index in [1.165, 1.54) is 25.9 Å². The molecule has 0 amide bonds. The van der Waals surface area contributed by atoms with E-state index in [0.717, 1.165) is 25.9 Å². The molecule has 1 aliphatic rings. The van der Waals surface area contributed by atoms with Crippen LogP contribution in [0.3, 0.4) is 0 Å². The summed E-state index contributed by atoms with van der Waals surface area (Å²) in [5, 5.41) is 13.1. The average molecular weight is 293 g/mol. The smallest absolute Gasteiger partial charge is 0.109 e. The predicted octanol–water partition coefficient (Wildman–Crippen LogP) is 3.66. The first kappa shape index (κ1) is 18.5. The Morgan fingerprint density at radius 2 is 1.86 bits per heavy atom. The normalized spacial score (nSPS) is 26.0. The van der Waals surface area contributed by atoms with Crippen LogP contribution in [0.1, 0.15) is 60.3 Å². The quantitative estimate of drug-likeness (QED) is 0.705. The molecule has 1 N–H and O–H groups in total. The maximum Gasteiger partial charge on any atom is 0.109 e. The third-order valence-electron chi connectivity index (χ3n) is 4.55. The van der Waals surface area contributed by atoms with Gasteiger partial charge in [0.2, 0.25) is 0 Å². The Balaban J connectivity index is 2.59. The van der Waals surface area contributed by atoms with Crippen molar-refractivity contribution >= 4 is 0 Å². The number of nitrogens with zero attached hydrogens (tertiary/aromatic N) is 2. The van der Waals surface area contributed by atoms with E-state index in [4.69, 9.17) is 0 Å². The molecule has 3 heteroatoms. The summed E-state index contributed by atoms with van der Waals surface area (Å²) in [4.78, 5) is 2.60. The fraction of sp³-hybridized carbons (Fsp3) is 0.944. The van der Waals surface area contributed by atoms with Gasteiger partial charge in [0, 0.05) is 13.1 Å². The van der Waals surface area contributed by atoms with Gasteiger partial charge in [-0.25, -0.2) is 0 Å². The van der Waals surface area contributed by atoms with Crippen LogP contribution in [0, 0.1) is 29.1 Å². The summed E-state index contributed by atoms with van der Waals surface area (Å²) in [5.74, 6) is 1.94. The van der Waals surface area contributed by atoms with Crippen LogP contribution >= 0.6 is 0 Å². The predicted molar refractivity (Wildman–Crippen MR) is 90.1 cm³/mol. The van der Waals surface area contributed by atoms with Crippen molar-refractivity contribution in [2.24, 2.45) is 17.8 Å². The molecule has 0 aliphatic heterocycles. The third-order valence-corrected chi connectivity index (χ3v) is 4.55. The molecule has 3 nitrogen and oxygen atoms in total. The first-order chi connectivity index (χ1) is 9.93. The minimum Gasteiger partial charge on any atom is -0.303 e. The zero-order chi connectivity index (χ0) is 15.9. The first-order valence-electron chi connectivity index (χ1n) is 8.82. The summed E-state index contributed by atoms with van der Waals surface area (Å²) in [5.41, 5.74) is -0.254. The van der Waals surface area contributed by atoms with E-state index in [9.17, 15) is 5.26 Å². The second-order valence-electron chi connectivity index (χ2n) is 7.54. The summed E-state index contributed by atoms with van der Waals surface area (Å²) in [6.45, 7) is 15.7. The Hall–Kier alpha value is -0.590. The monoisotopic (exact) mass is 293 g/mol. The van der Waals surface area contributed by atoms with Crippen molar-refractivity contribution in [3.63, 3.8) is 0 Å². The molecule has 0 spiro atoms. The molecule has 0 aromatic carbocycles. The first-order valence-corrected chi connectivity index (χ1v) is 8.82. The van der Waals surface area contributed by atoms with Gasteiger partial charge in [0.15, 0.2) is 0 Å². The van der Waals surface area contributed by atoms with Crippen molar-refractivity contribution in [2.75, 3.05) is 26.2 Å². The second kappa shape index (κ2) is 8.76. The average Bonchev–Trinajstić information content (AvgIpc) is 2.78. The van der Waals surface area contributed by atoms with Gasteiger partial charge in [-0.1, -0.05) is 41.0 Å². The van der Waals surface area contributed by atoms with Crippen molar-refractivity contribution in [1.29, 1.82) is 5.26 Å². The molecule has 0 heterocycles. The van der Waals surface area contributed by atoms with Crippen LogP contribution in [-0.2, 0) is 0 Å². The molecular weight excluding hydrogens is 258 g/mol. The van der Waals surface area contributed by atoms with E-state index in [1.807, 2.05) is 0 Å². The molecule has 0 saturated heterocycles. The minimum atomic E-state index is -0.254. The van der Waals surface area contributed by atoms with Gasteiger partial charge < -0.3 is 4.90 Å². The zero-order valence-electron chi connectivity index (χ0n) is 14.8. The standard InChI is InChI=1S/C18H35N3/c1-6-20-18(14-19)10-7-8-17(18)9-11-21(12-15(2)3)13-16(4)5/h15-17,20H,6-13H2,1-5H3. The van der Waals surface area contributed by atoms with E-state index in [-0.39, 0.29) is 5.54 Å². The minimum absolute atomic E-state index is 0.254. The molecule has 1 rings (SSSR count). The molecule has 1 fully saturated rings. The lowest BCUT2D eigenvalue weighted by Crippen LogP contribution is -2.48. The molecule has 2 unspecified atom stereocenters. The topological polar surface area (TPSA) is 39.1 Å². The van der Waals surface area contributed by atoms with Crippen LogP contribution < -0.4 is 5.32 Å². The highest BCUT2D eigenvalue weighted by molar-refractivity contribution is 5.14. The van der Waals surface area contributed by atoms with Crippen molar-refractivity contribution in [3.8, 4) is 6.07 Å². The molecule has 0 aromatic rings. The van der Waals surface area contributed by atoms with Gasteiger partial charge in [0.05, 0.1) is 6.07 Å². The summed E-state index contributed by atoms with van der Waals surface area (Å²) >= 11 is 0. The lowest BCUT2D eigenvalue weighted by molar-refractivity contribution is 0.189. The number of nitriles is 1. The SMILES string of the molecule is CCNC1(C#N)CCCC1CCN(CC(C)C)CC(C)C. The maximum absolute atomic E-state index is 9.65. The van der Waals surface area contributed by atoms with Crippen molar-refractivity contribution in [1.82, 2.24) is 10.2 Å². The fourth-order valence-corrected chi connectivity index (χ4v) is 3.83. The van der Waals surface area contributed by atoms with Crippen LogP contribution in [0.15, 0.2) is 0 Å². The molecule has 122 valence electrons. The third kappa shape index (κ3) is 5.60. The Morgan fingerprint density at radius 1 is 1.24 bits per heavy atom. The Bertz CT molecular complexity index is 322. The maximum atomic E-state index is 9.65. The Morgan fingerprint density at radius 3 is 2.33 bits per heavy atom. The largest absolute Gasteiger partial charge is 0.303 e. The number of hydrogen-bond acceptors (Lipinski definition) is 3. The Labute approximate surface area is 132 Å². The van der Waals surface area contributed by atoms with Crippen LogP contribution in [0.25, 0.3) is 0 Å². The summed E-state index contributed by atoms with van der Waals surface area (Å²) in [6.07, 6.45) is 4.58. The van der Waals surface area contributed by atoms with Gasteiger partial charge >= 0.3 is 0 Å². The molecule has 0 aromatic heterocycles. The molecule has 1 saturated carbocycles. The molecule has 0 bridgehead atoms. The van der Waals surface area contributed by atoms with Gasteiger partial charge in [-0.3, -0.25) is 5.32 Å². The van der Waals surface area contributed by atoms with E-state index >= 15 is 0 Å². The molecule has 0 radical (unpaired) electrons. The van der Waals surface area contributed by atoms with Gasteiger partial charge in [0.1, 0.15) is 5.54 Å². The highest BCUT2D eigenvalue weighted by Crippen LogP contribution is 2.37. The number of nitrogens with one attached hydrogen (secondary N) is 1. The van der Waals surface area contributed by atoms with Crippen molar-refractivity contribution in [2.45, 2.75) is 65.8 Å². The van der Waals surface area contributed by atoms with E-state index < -0.39 is 0 Å². The van der Waals surface area contributed by atoms with Gasteiger partial charge in [-0.15, -0.1) is 0 Å². The summed E-state index contributed by atoms with van der Waals surface area (Å²) < 4.78 is 0. The second-order valence-corrected chi connectivity index (χ2v) is 7.54.